The summed E-state index contributed by atoms with van der Waals surface area (Å²) in [5, 5.41) is 5.94. The van der Waals surface area contributed by atoms with Crippen LogP contribution in [0.4, 0.5) is 4.79 Å². The van der Waals surface area contributed by atoms with Crippen LogP contribution >= 0.6 is 11.6 Å². The Bertz CT molecular complexity index is 645. The SMILES string of the molecule is COC(=O)C(NC(=O)NC1CCN(C(C)=O)CC1)c1cccc(Cl)c1. The molecule has 3 amide bonds. The van der Waals surface area contributed by atoms with Crippen LogP contribution in [-0.4, -0.2) is 49.0 Å². The molecule has 2 N–H and O–H groups in total. The first-order valence-electron chi connectivity index (χ1n) is 8.06. The molecule has 1 aromatic rings. The van der Waals surface area contributed by atoms with Gasteiger partial charge in [-0.3, -0.25) is 4.79 Å². The second kappa shape index (κ2) is 8.71. The Kier molecular flexibility index (Phi) is 6.64. The Morgan fingerprint density at radius 3 is 2.52 bits per heavy atom. The Labute approximate surface area is 151 Å². The van der Waals surface area contributed by atoms with Crippen molar-refractivity contribution in [2.24, 2.45) is 0 Å². The Morgan fingerprint density at radius 2 is 1.96 bits per heavy atom. The average molecular weight is 368 g/mol. The van der Waals surface area contributed by atoms with Crippen molar-refractivity contribution in [2.45, 2.75) is 31.8 Å². The highest BCUT2D eigenvalue weighted by molar-refractivity contribution is 6.30. The lowest BCUT2D eigenvalue weighted by Crippen LogP contribution is -2.50. The smallest absolute Gasteiger partial charge is 0.333 e. The Morgan fingerprint density at radius 1 is 1.28 bits per heavy atom. The molecule has 7 nitrogen and oxygen atoms in total. The predicted molar refractivity (Wildman–Crippen MR) is 93.2 cm³/mol. The number of hydrogen-bond donors (Lipinski definition) is 2. The molecule has 0 saturated carbocycles. The van der Waals surface area contributed by atoms with E-state index in [0.717, 1.165) is 0 Å². The molecule has 1 aliphatic heterocycles. The van der Waals surface area contributed by atoms with E-state index in [-0.39, 0.29) is 11.9 Å². The normalized spacial score (nSPS) is 16.0. The molecule has 1 fully saturated rings. The number of hydrogen-bond acceptors (Lipinski definition) is 4. The third-order valence-electron chi connectivity index (χ3n) is 4.17. The van der Waals surface area contributed by atoms with E-state index >= 15 is 0 Å². The molecule has 1 heterocycles. The molecule has 1 saturated heterocycles. The maximum Gasteiger partial charge on any atom is 0.333 e. The molecule has 2 rings (SSSR count). The number of ether oxygens (including phenoxy) is 1. The van der Waals surface area contributed by atoms with Crippen LogP contribution in [0.5, 0.6) is 0 Å². The topological polar surface area (TPSA) is 87.7 Å². The second-order valence-electron chi connectivity index (χ2n) is 5.91. The van der Waals surface area contributed by atoms with Gasteiger partial charge in [0, 0.05) is 31.1 Å². The van der Waals surface area contributed by atoms with Gasteiger partial charge in [0.1, 0.15) is 0 Å². The number of nitrogens with zero attached hydrogens (tertiary/aromatic N) is 1. The van der Waals surface area contributed by atoms with Crippen LogP contribution in [0.3, 0.4) is 0 Å². The first-order valence-corrected chi connectivity index (χ1v) is 8.44. The van der Waals surface area contributed by atoms with E-state index in [1.165, 1.54) is 14.0 Å². The van der Waals surface area contributed by atoms with Gasteiger partial charge in [0.15, 0.2) is 6.04 Å². The number of halogens is 1. The van der Waals surface area contributed by atoms with E-state index in [4.69, 9.17) is 16.3 Å². The zero-order valence-electron chi connectivity index (χ0n) is 14.3. The quantitative estimate of drug-likeness (QED) is 0.795. The van der Waals surface area contributed by atoms with Gasteiger partial charge < -0.3 is 20.3 Å². The standard InChI is InChI=1S/C17H22ClN3O4/c1-11(22)21-8-6-14(7-9-21)19-17(24)20-15(16(23)25-2)12-4-3-5-13(18)10-12/h3-5,10,14-15H,6-9H2,1-2H3,(H2,19,20,24). The minimum absolute atomic E-state index is 0.0367. The van der Waals surface area contributed by atoms with Crippen LogP contribution in [0.15, 0.2) is 24.3 Å². The van der Waals surface area contributed by atoms with Crippen molar-refractivity contribution in [3.05, 3.63) is 34.9 Å². The lowest BCUT2D eigenvalue weighted by Gasteiger charge is -2.32. The first kappa shape index (κ1) is 19.1. The number of esters is 1. The zero-order chi connectivity index (χ0) is 18.4. The van der Waals surface area contributed by atoms with Crippen LogP contribution < -0.4 is 10.6 Å². The summed E-state index contributed by atoms with van der Waals surface area (Å²) in [6.45, 7) is 2.75. The molecule has 0 bridgehead atoms. The number of rotatable bonds is 4. The molecule has 1 unspecified atom stereocenters. The number of likely N-dealkylation sites (tertiary alicyclic amines) is 1. The van der Waals surface area contributed by atoms with Crippen molar-refractivity contribution in [1.29, 1.82) is 0 Å². The van der Waals surface area contributed by atoms with Gasteiger partial charge in [-0.25, -0.2) is 9.59 Å². The zero-order valence-corrected chi connectivity index (χ0v) is 15.0. The number of urea groups is 1. The van der Waals surface area contributed by atoms with Gasteiger partial charge >= 0.3 is 12.0 Å². The van der Waals surface area contributed by atoms with Crippen molar-refractivity contribution < 1.29 is 19.1 Å². The van der Waals surface area contributed by atoms with Gasteiger partial charge in [0.05, 0.1) is 7.11 Å². The highest BCUT2D eigenvalue weighted by Crippen LogP contribution is 2.19. The first-order chi connectivity index (χ1) is 11.9. The van der Waals surface area contributed by atoms with E-state index < -0.39 is 18.0 Å². The van der Waals surface area contributed by atoms with Crippen LogP contribution in [0.1, 0.15) is 31.4 Å². The molecule has 0 spiro atoms. The summed E-state index contributed by atoms with van der Waals surface area (Å²) in [5.41, 5.74) is 0.542. The average Bonchev–Trinajstić information content (AvgIpc) is 2.59. The van der Waals surface area contributed by atoms with Crippen molar-refractivity contribution >= 4 is 29.5 Å². The van der Waals surface area contributed by atoms with Gasteiger partial charge in [-0.1, -0.05) is 23.7 Å². The number of benzene rings is 1. The maximum atomic E-state index is 12.3. The number of carbonyl (C=O) groups excluding carboxylic acids is 3. The fourth-order valence-corrected chi connectivity index (χ4v) is 2.98. The van der Waals surface area contributed by atoms with Gasteiger partial charge in [0.25, 0.3) is 0 Å². The summed E-state index contributed by atoms with van der Waals surface area (Å²) in [7, 11) is 1.26. The molecule has 0 aliphatic carbocycles. The van der Waals surface area contributed by atoms with E-state index in [1.54, 1.807) is 29.2 Å². The molecule has 1 aromatic carbocycles. The number of amides is 3. The van der Waals surface area contributed by atoms with Crippen LogP contribution in [-0.2, 0) is 14.3 Å². The molecule has 136 valence electrons. The summed E-state index contributed by atoms with van der Waals surface area (Å²) in [6.07, 6.45) is 1.35. The van der Waals surface area contributed by atoms with Crippen molar-refractivity contribution in [3.63, 3.8) is 0 Å². The van der Waals surface area contributed by atoms with Gasteiger partial charge in [-0.2, -0.15) is 0 Å². The van der Waals surface area contributed by atoms with E-state index in [2.05, 4.69) is 10.6 Å². The monoisotopic (exact) mass is 367 g/mol. The van der Waals surface area contributed by atoms with Gasteiger partial charge in [-0.05, 0) is 30.5 Å². The minimum Gasteiger partial charge on any atom is -0.467 e. The summed E-state index contributed by atoms with van der Waals surface area (Å²) in [6, 6.07) is 5.23. The van der Waals surface area contributed by atoms with Crippen molar-refractivity contribution in [2.75, 3.05) is 20.2 Å². The van der Waals surface area contributed by atoms with Crippen LogP contribution in [0, 0.1) is 0 Å². The molecule has 0 aromatic heterocycles. The summed E-state index contributed by atoms with van der Waals surface area (Å²) >= 11 is 5.96. The number of carbonyl (C=O) groups is 3. The Balaban J connectivity index is 1.96. The maximum absolute atomic E-state index is 12.3. The highest BCUT2D eigenvalue weighted by atomic mass is 35.5. The predicted octanol–water partition coefficient (Wildman–Crippen LogP) is 1.86. The molecule has 25 heavy (non-hydrogen) atoms. The van der Waals surface area contributed by atoms with Crippen molar-refractivity contribution in [3.8, 4) is 0 Å². The Hall–Kier alpha value is -2.28. The number of piperidine rings is 1. The molecule has 1 aliphatic rings. The molecular formula is C17H22ClN3O4. The molecule has 0 radical (unpaired) electrons. The van der Waals surface area contributed by atoms with E-state index in [1.807, 2.05) is 0 Å². The van der Waals surface area contributed by atoms with E-state index in [9.17, 15) is 14.4 Å². The lowest BCUT2D eigenvalue weighted by atomic mass is 10.0. The van der Waals surface area contributed by atoms with Gasteiger partial charge in [0.2, 0.25) is 5.91 Å². The second-order valence-corrected chi connectivity index (χ2v) is 6.35. The van der Waals surface area contributed by atoms with Crippen molar-refractivity contribution in [1.82, 2.24) is 15.5 Å². The third-order valence-corrected chi connectivity index (χ3v) is 4.40. The minimum atomic E-state index is -0.944. The van der Waals surface area contributed by atoms with Crippen LogP contribution in [0.25, 0.3) is 0 Å². The summed E-state index contributed by atoms with van der Waals surface area (Å²) in [4.78, 5) is 37.4. The third kappa shape index (κ3) is 5.35. The molecule has 1 atom stereocenters. The molecular weight excluding hydrogens is 346 g/mol. The summed E-state index contributed by atoms with van der Waals surface area (Å²) < 4.78 is 4.77. The number of methoxy groups -OCH3 is 1. The highest BCUT2D eigenvalue weighted by Gasteiger charge is 2.26. The lowest BCUT2D eigenvalue weighted by molar-refractivity contribution is -0.143. The fraction of sp³-hybridized carbons (Fsp3) is 0.471. The van der Waals surface area contributed by atoms with Gasteiger partial charge in [-0.15, -0.1) is 0 Å². The largest absolute Gasteiger partial charge is 0.467 e. The van der Waals surface area contributed by atoms with Crippen LogP contribution in [0.2, 0.25) is 5.02 Å². The van der Waals surface area contributed by atoms with E-state index in [0.29, 0.717) is 36.5 Å². The summed E-state index contributed by atoms with van der Waals surface area (Å²) in [5.74, 6) is -0.543. The molecule has 8 heteroatoms. The fourth-order valence-electron chi connectivity index (χ4n) is 2.78. The number of nitrogens with one attached hydrogen (secondary N) is 2.